The Balaban J connectivity index is 1.13. The summed E-state index contributed by atoms with van der Waals surface area (Å²) in [6.45, 7) is 6.08. The van der Waals surface area contributed by atoms with E-state index in [1.165, 1.54) is 40.0 Å². The standard InChI is InChI=1S/C40H38N4O5S3/c1-3-49-40(48)35-32-19-20-44(24-27-12-6-4-7-13-27)25-34(32)52-39(35)43-36(45)26(2)51-31-17-10-16-29(22-31)41-38(47)33(23-30-18-11-21-50-30)42-37(46)28-14-8-5-9-15-28/h4-18,21-23,26H,3,19-20,24-25H2,1-2H3,(H,41,47)(H,42,46)(H,43,45)/b33-23-. The van der Waals surface area contributed by atoms with E-state index in [1.54, 1.807) is 62.4 Å². The number of thioether (sulfide) groups is 1. The second-order valence-corrected chi connectivity index (χ2v) is 15.5. The third-order valence-electron chi connectivity index (χ3n) is 8.23. The molecule has 0 radical (unpaired) electrons. The first-order chi connectivity index (χ1) is 25.3. The Morgan fingerprint density at radius 2 is 1.71 bits per heavy atom. The number of carbonyl (C=O) groups excluding carboxylic acids is 4. The van der Waals surface area contributed by atoms with Crippen LogP contribution in [0.1, 0.15) is 55.4 Å². The van der Waals surface area contributed by atoms with Crippen LogP contribution < -0.4 is 16.0 Å². The molecule has 52 heavy (non-hydrogen) atoms. The van der Waals surface area contributed by atoms with E-state index in [1.807, 2.05) is 47.8 Å². The molecule has 1 unspecified atom stereocenters. The number of nitrogens with one attached hydrogen (secondary N) is 3. The van der Waals surface area contributed by atoms with E-state index in [0.717, 1.165) is 33.3 Å². The zero-order valence-electron chi connectivity index (χ0n) is 28.7. The fourth-order valence-electron chi connectivity index (χ4n) is 5.72. The van der Waals surface area contributed by atoms with Crippen molar-refractivity contribution < 1.29 is 23.9 Å². The number of esters is 1. The molecule has 2 aromatic heterocycles. The van der Waals surface area contributed by atoms with E-state index in [2.05, 4.69) is 33.0 Å². The smallest absolute Gasteiger partial charge is 0.341 e. The average Bonchev–Trinajstić information content (AvgIpc) is 3.79. The van der Waals surface area contributed by atoms with Gasteiger partial charge >= 0.3 is 5.97 Å². The number of anilines is 2. The Hall–Kier alpha value is -5.01. The van der Waals surface area contributed by atoms with Gasteiger partial charge in [0.05, 0.1) is 17.4 Å². The first kappa shape index (κ1) is 36.8. The monoisotopic (exact) mass is 750 g/mol. The molecule has 3 N–H and O–H groups in total. The highest BCUT2D eigenvalue weighted by Crippen LogP contribution is 2.39. The van der Waals surface area contributed by atoms with Crippen LogP contribution in [0.15, 0.2) is 113 Å². The van der Waals surface area contributed by atoms with Gasteiger partial charge in [0.15, 0.2) is 0 Å². The summed E-state index contributed by atoms with van der Waals surface area (Å²) >= 11 is 4.21. The molecule has 1 aliphatic heterocycles. The van der Waals surface area contributed by atoms with Gasteiger partial charge in [0, 0.05) is 45.5 Å². The molecule has 1 aliphatic rings. The van der Waals surface area contributed by atoms with Gasteiger partial charge in [-0.15, -0.1) is 34.4 Å². The Morgan fingerprint density at radius 3 is 2.44 bits per heavy atom. The lowest BCUT2D eigenvalue weighted by atomic mass is 10.0. The molecule has 0 fully saturated rings. The number of nitrogens with zero attached hydrogens (tertiary/aromatic N) is 1. The van der Waals surface area contributed by atoms with Crippen molar-refractivity contribution in [2.24, 2.45) is 0 Å². The van der Waals surface area contributed by atoms with Gasteiger partial charge in [-0.25, -0.2) is 4.79 Å². The van der Waals surface area contributed by atoms with Crippen molar-refractivity contribution in [2.75, 3.05) is 23.8 Å². The van der Waals surface area contributed by atoms with Crippen molar-refractivity contribution in [1.29, 1.82) is 0 Å². The highest BCUT2D eigenvalue weighted by atomic mass is 32.2. The average molecular weight is 751 g/mol. The predicted octanol–water partition coefficient (Wildman–Crippen LogP) is 8.07. The minimum atomic E-state index is -0.533. The Bertz CT molecular complexity index is 2060. The highest BCUT2D eigenvalue weighted by molar-refractivity contribution is 8.00. The number of amides is 3. The van der Waals surface area contributed by atoms with Crippen molar-refractivity contribution in [1.82, 2.24) is 10.2 Å². The molecule has 0 saturated carbocycles. The predicted molar refractivity (Wildman–Crippen MR) is 210 cm³/mol. The molecule has 3 heterocycles. The topological polar surface area (TPSA) is 117 Å². The lowest BCUT2D eigenvalue weighted by molar-refractivity contribution is -0.115. The Morgan fingerprint density at radius 1 is 0.942 bits per heavy atom. The zero-order valence-corrected chi connectivity index (χ0v) is 31.2. The van der Waals surface area contributed by atoms with Gasteiger partial charge in [0.25, 0.3) is 11.8 Å². The number of hydrogen-bond donors (Lipinski definition) is 3. The molecule has 0 spiro atoms. The maximum absolute atomic E-state index is 13.6. The number of rotatable bonds is 13. The van der Waals surface area contributed by atoms with Crippen LogP contribution in [0.2, 0.25) is 0 Å². The molecule has 5 aromatic rings. The summed E-state index contributed by atoms with van der Waals surface area (Å²) in [5.41, 5.74) is 3.65. The largest absolute Gasteiger partial charge is 0.462 e. The van der Waals surface area contributed by atoms with Gasteiger partial charge in [-0.3, -0.25) is 19.3 Å². The van der Waals surface area contributed by atoms with Crippen LogP contribution in [-0.2, 0) is 33.8 Å². The normalized spacial score (nSPS) is 13.5. The lowest BCUT2D eigenvalue weighted by Crippen LogP contribution is -2.30. The number of fused-ring (bicyclic) bond motifs is 1. The second-order valence-electron chi connectivity index (χ2n) is 12.0. The summed E-state index contributed by atoms with van der Waals surface area (Å²) in [5.74, 6) is -1.57. The fraction of sp³-hybridized carbons (Fsp3) is 0.200. The molecule has 1 atom stereocenters. The van der Waals surface area contributed by atoms with Crippen LogP contribution in [0, 0.1) is 0 Å². The van der Waals surface area contributed by atoms with E-state index < -0.39 is 23.0 Å². The number of benzene rings is 3. The molecule has 6 rings (SSSR count). The van der Waals surface area contributed by atoms with E-state index in [4.69, 9.17) is 4.74 Å². The van der Waals surface area contributed by atoms with E-state index >= 15 is 0 Å². The molecule has 0 saturated heterocycles. The fourth-order valence-corrected chi connectivity index (χ4v) is 8.58. The highest BCUT2D eigenvalue weighted by Gasteiger charge is 2.30. The number of thiophene rings is 2. The van der Waals surface area contributed by atoms with Crippen LogP contribution in [0.5, 0.6) is 0 Å². The number of hydrogen-bond acceptors (Lipinski definition) is 9. The van der Waals surface area contributed by atoms with Crippen molar-refractivity contribution in [3.63, 3.8) is 0 Å². The van der Waals surface area contributed by atoms with Crippen LogP contribution in [0.4, 0.5) is 10.7 Å². The third kappa shape index (κ3) is 9.45. The van der Waals surface area contributed by atoms with Crippen molar-refractivity contribution in [3.8, 4) is 0 Å². The zero-order chi connectivity index (χ0) is 36.5. The first-order valence-electron chi connectivity index (χ1n) is 16.9. The van der Waals surface area contributed by atoms with Crippen molar-refractivity contribution >= 4 is 74.9 Å². The second kappa shape index (κ2) is 17.5. The quantitative estimate of drug-likeness (QED) is 0.0633. The summed E-state index contributed by atoms with van der Waals surface area (Å²) in [6.07, 6.45) is 2.32. The minimum Gasteiger partial charge on any atom is -0.462 e. The van der Waals surface area contributed by atoms with Gasteiger partial charge < -0.3 is 20.7 Å². The van der Waals surface area contributed by atoms with E-state index in [9.17, 15) is 19.2 Å². The van der Waals surface area contributed by atoms with Crippen LogP contribution in [0.3, 0.4) is 0 Å². The van der Waals surface area contributed by atoms with Gasteiger partial charge in [-0.05, 0) is 79.2 Å². The molecule has 3 amide bonds. The van der Waals surface area contributed by atoms with E-state index in [-0.39, 0.29) is 18.2 Å². The third-order valence-corrected chi connectivity index (χ3v) is 11.3. The maximum atomic E-state index is 13.6. The molecule has 0 bridgehead atoms. The molecule has 266 valence electrons. The van der Waals surface area contributed by atoms with Gasteiger partial charge in [-0.2, -0.15) is 0 Å². The maximum Gasteiger partial charge on any atom is 0.341 e. The minimum absolute atomic E-state index is 0.0985. The summed E-state index contributed by atoms with van der Waals surface area (Å²) in [5, 5.41) is 10.5. The number of ether oxygens (including phenoxy) is 1. The van der Waals surface area contributed by atoms with Gasteiger partial charge in [-0.1, -0.05) is 60.7 Å². The Kier molecular flexibility index (Phi) is 12.4. The van der Waals surface area contributed by atoms with Crippen LogP contribution in [0.25, 0.3) is 6.08 Å². The molecular formula is C40H38N4O5S3. The molecule has 0 aliphatic carbocycles. The van der Waals surface area contributed by atoms with Gasteiger partial charge in [0.1, 0.15) is 10.7 Å². The molecule has 12 heteroatoms. The first-order valence-corrected chi connectivity index (χ1v) is 19.4. The van der Waals surface area contributed by atoms with Crippen LogP contribution >= 0.6 is 34.4 Å². The lowest BCUT2D eigenvalue weighted by Gasteiger charge is -2.27. The van der Waals surface area contributed by atoms with Crippen molar-refractivity contribution in [3.05, 3.63) is 140 Å². The summed E-state index contributed by atoms with van der Waals surface area (Å²) in [6, 6.07) is 29.9. The molecule has 3 aromatic carbocycles. The molecule has 9 nitrogen and oxygen atoms in total. The Labute approximate surface area is 315 Å². The molecular weight excluding hydrogens is 713 g/mol. The van der Waals surface area contributed by atoms with Gasteiger partial charge in [0.2, 0.25) is 5.91 Å². The van der Waals surface area contributed by atoms with Crippen molar-refractivity contribution in [2.45, 2.75) is 43.5 Å². The summed E-state index contributed by atoms with van der Waals surface area (Å²) < 4.78 is 5.42. The van der Waals surface area contributed by atoms with E-state index in [0.29, 0.717) is 34.8 Å². The summed E-state index contributed by atoms with van der Waals surface area (Å²) in [7, 11) is 0. The van der Waals surface area contributed by atoms with Crippen LogP contribution in [-0.4, -0.2) is 47.0 Å². The summed E-state index contributed by atoms with van der Waals surface area (Å²) in [4.78, 5) is 58.1. The SMILES string of the molecule is CCOC(=O)c1c(NC(=O)C(C)Sc2cccc(NC(=O)/C(=C/c3cccs3)NC(=O)c3ccccc3)c2)sc2c1CCN(Cc1ccccc1)C2. The number of carbonyl (C=O) groups is 4.